The van der Waals surface area contributed by atoms with Crippen molar-refractivity contribution in [1.82, 2.24) is 39.8 Å². The van der Waals surface area contributed by atoms with E-state index in [-0.39, 0.29) is 73.0 Å². The van der Waals surface area contributed by atoms with E-state index in [2.05, 4.69) is 52.3 Å². The Kier molecular flexibility index (Phi) is 40.9. The monoisotopic (exact) mass is 1670 g/mol. The number of carbonyl (C=O) groups excluding carboxylic acids is 6. The third-order valence-corrected chi connectivity index (χ3v) is 22.6. The van der Waals surface area contributed by atoms with Crippen LogP contribution in [0.2, 0.25) is 0 Å². The smallest absolute Gasteiger partial charge is 0.407 e. The van der Waals surface area contributed by atoms with E-state index in [1.807, 2.05) is 78.9 Å². The number of piperidine rings is 1. The van der Waals surface area contributed by atoms with Crippen LogP contribution in [0.3, 0.4) is 0 Å². The van der Waals surface area contributed by atoms with Gasteiger partial charge in [-0.1, -0.05) is 75.4 Å². The number of methoxy groups -OCH3 is 1. The van der Waals surface area contributed by atoms with Gasteiger partial charge in [-0.05, 0) is 174 Å². The normalized spacial score (nSPS) is 19.6. The van der Waals surface area contributed by atoms with Gasteiger partial charge in [0, 0.05) is 70.6 Å². The summed E-state index contributed by atoms with van der Waals surface area (Å²) in [5.74, 6) is -2.93. The summed E-state index contributed by atoms with van der Waals surface area (Å²) in [4.78, 5) is 93.1. The summed E-state index contributed by atoms with van der Waals surface area (Å²) in [5, 5.41) is 30.6. The van der Waals surface area contributed by atoms with Gasteiger partial charge < -0.3 is 98.1 Å². The molecule has 3 amide bonds. The number of nitrogens with one attached hydrogen (secondary N) is 1. The number of likely N-dealkylation sites (tertiary alicyclic amines) is 1. The van der Waals surface area contributed by atoms with Crippen molar-refractivity contribution in [2.45, 2.75) is 206 Å². The first-order valence-corrected chi connectivity index (χ1v) is 43.0. The molecule has 120 heavy (non-hydrogen) atoms. The molecule has 662 valence electrons. The van der Waals surface area contributed by atoms with Crippen LogP contribution >= 0.6 is 0 Å². The Labute approximate surface area is 705 Å². The number of ether oxygens (including phenoxy) is 12. The number of ketones is 2. The molecule has 1 aliphatic carbocycles. The van der Waals surface area contributed by atoms with Gasteiger partial charge in [0.1, 0.15) is 41.3 Å². The number of aliphatic hydroxyl groups is 2. The molecule has 8 atom stereocenters. The number of anilines is 2. The molecule has 0 radical (unpaired) electrons. The number of carbonyl (C=O) groups is 6. The minimum atomic E-state index is -2.13. The number of amides is 3. The number of aliphatic hydroxyl groups excluding tert-OH is 1. The predicted octanol–water partition coefficient (Wildman–Crippen LogP) is 10.5. The highest BCUT2D eigenvalue weighted by Gasteiger charge is 2.47. The Morgan fingerprint density at radius 1 is 0.717 bits per heavy atom. The van der Waals surface area contributed by atoms with Gasteiger partial charge in [0.25, 0.3) is 24.2 Å². The van der Waals surface area contributed by atoms with Crippen molar-refractivity contribution in [3.63, 3.8) is 0 Å². The lowest BCUT2D eigenvalue weighted by molar-refractivity contribution is -0.244. The van der Waals surface area contributed by atoms with Crippen LogP contribution in [0, 0.1) is 23.7 Å². The van der Waals surface area contributed by atoms with Crippen molar-refractivity contribution in [2.24, 2.45) is 23.7 Å². The number of aromatic nitrogens is 5. The summed E-state index contributed by atoms with van der Waals surface area (Å²) in [6.45, 7) is 19.7. The lowest BCUT2D eigenvalue weighted by atomic mass is 9.83. The molecular formula is C89H130N10O21. The fraction of sp³-hybridized carbons (Fsp3) is 0.640. The minimum Gasteiger partial charge on any atom is -0.465 e. The second-order valence-corrected chi connectivity index (χ2v) is 31.9. The van der Waals surface area contributed by atoms with Gasteiger partial charge in [-0.25, -0.2) is 19.4 Å². The van der Waals surface area contributed by atoms with Crippen LogP contribution in [0.1, 0.15) is 167 Å². The number of hydrogen-bond acceptors (Lipinski definition) is 27. The largest absolute Gasteiger partial charge is 0.465 e. The molecule has 1 unspecified atom stereocenters. The maximum Gasteiger partial charge on any atom is 0.407 e. The predicted molar refractivity (Wildman–Crippen MR) is 451 cm³/mol. The topological polar surface area (TPSA) is 394 Å². The Morgan fingerprint density at radius 2 is 1.38 bits per heavy atom. The number of alkyl carbamates (subject to hydrolysis) is 1. The van der Waals surface area contributed by atoms with Gasteiger partial charge >= 0.3 is 6.09 Å². The van der Waals surface area contributed by atoms with Crippen LogP contribution < -0.4 is 16.8 Å². The van der Waals surface area contributed by atoms with Crippen LogP contribution in [-0.2, 0) is 100 Å². The van der Waals surface area contributed by atoms with Gasteiger partial charge in [-0.2, -0.15) is 10.1 Å². The fourth-order valence-corrected chi connectivity index (χ4v) is 15.7. The van der Waals surface area contributed by atoms with Gasteiger partial charge in [0.05, 0.1) is 142 Å². The van der Waals surface area contributed by atoms with Crippen molar-refractivity contribution in [3.05, 3.63) is 107 Å². The zero-order chi connectivity index (χ0) is 85.4. The van der Waals surface area contributed by atoms with E-state index >= 15 is 0 Å². The molecule has 7 N–H and O–H groups in total. The van der Waals surface area contributed by atoms with E-state index in [9.17, 15) is 39.0 Å². The quantitative estimate of drug-likeness (QED) is 0.00793. The van der Waals surface area contributed by atoms with Gasteiger partial charge in [-0.3, -0.25) is 24.0 Å². The average molecular weight is 1680 g/mol. The van der Waals surface area contributed by atoms with E-state index in [4.69, 9.17) is 77.8 Å². The van der Waals surface area contributed by atoms with Gasteiger partial charge in [0.15, 0.2) is 11.2 Å². The minimum absolute atomic E-state index is 0.00108. The van der Waals surface area contributed by atoms with Crippen molar-refractivity contribution in [1.29, 1.82) is 0 Å². The summed E-state index contributed by atoms with van der Waals surface area (Å²) >= 11 is 0. The number of allylic oxidation sites excluding steroid dienone is 6. The second-order valence-electron chi connectivity index (χ2n) is 31.9. The van der Waals surface area contributed by atoms with Gasteiger partial charge in [0.2, 0.25) is 11.7 Å². The Bertz CT molecular complexity index is 4120. The molecule has 6 heterocycles. The Balaban J connectivity index is 0.497. The van der Waals surface area contributed by atoms with E-state index in [1.165, 1.54) is 16.8 Å². The maximum atomic E-state index is 13.3. The highest BCUT2D eigenvalue weighted by atomic mass is 16.6. The standard InChI is InChI=1S/C89H130N10O21/c1-62(14-9-7-10-15-64(3)79(108-6)56-74-16-13-31-89(107,120-74)83(104)86(105)97-33-11-8-12-34-97)52-65(4)76(101)57-77(102)66(5)53-63(2)17-24-72(117-61-100)25-19-67-20-26-73(27-21-67)118-88(106)92-32-37-110-39-41-112-43-45-114-47-49-116-51-50-115-48-46-113-44-42-111-40-38-109-36-30-80(103)98-35-29-69-54-68(18-22-71(69)59-98)58-99-85-81(84(90)93-60-94-85)82(96-99)70-23-28-78-75(55-70)95-87(91)119-78/h7,9-10,14-15,18,22-23,28,53-55,60-63,65,67,72-74,77,79,102,107H,8,11-13,16-17,19-21,24-27,29-52,56-59H2,1-6H3,(H2,91,95)(H,92,106)(H2,90,93,94)/b10-7+,14-9+,64-15+,66-53+/t62-,63+,65-,67-,72+,73-,74?,77+,79+,89-/m1/s1. The molecule has 1 saturated carbocycles. The molecule has 3 aromatic heterocycles. The average Bonchev–Trinajstić information content (AvgIpc) is 1.60. The number of hydrogen-bond donors (Lipinski definition) is 5. The lowest BCUT2D eigenvalue weighted by Crippen LogP contribution is -2.55. The summed E-state index contributed by atoms with van der Waals surface area (Å²) in [6.07, 6.45) is 23.2. The van der Waals surface area contributed by atoms with E-state index < -0.39 is 35.8 Å². The number of nitrogens with zero attached hydrogens (tertiary/aromatic N) is 7. The molecular weight excluding hydrogens is 1550 g/mol. The molecule has 31 heteroatoms. The van der Waals surface area contributed by atoms with E-state index in [0.29, 0.717) is 223 Å². The zero-order valence-electron chi connectivity index (χ0n) is 71.2. The van der Waals surface area contributed by atoms with E-state index in [1.54, 1.807) is 13.2 Å². The molecule has 2 aromatic carbocycles. The van der Waals surface area contributed by atoms with Crippen molar-refractivity contribution < 1.29 is 100 Å². The first-order valence-electron chi connectivity index (χ1n) is 43.0. The molecule has 2 saturated heterocycles. The number of nitrogens with two attached hydrogens (primary N) is 2. The third-order valence-electron chi connectivity index (χ3n) is 22.6. The molecule has 3 aliphatic heterocycles. The van der Waals surface area contributed by atoms with E-state index in [0.717, 1.165) is 98.5 Å². The second kappa shape index (κ2) is 51.5. The fourth-order valence-electron chi connectivity index (χ4n) is 15.7. The number of rotatable bonds is 55. The number of Topliss-reactive ketones (excluding diaryl/α,β-unsaturated/α-hetero) is 2. The summed E-state index contributed by atoms with van der Waals surface area (Å²) in [7, 11) is 1.61. The third kappa shape index (κ3) is 31.8. The summed E-state index contributed by atoms with van der Waals surface area (Å²) < 4.78 is 75.1. The molecule has 4 aliphatic rings. The molecule has 31 nitrogen and oxygen atoms in total. The number of oxazole rings is 1. The van der Waals surface area contributed by atoms with Crippen LogP contribution in [0.4, 0.5) is 16.6 Å². The van der Waals surface area contributed by atoms with Crippen molar-refractivity contribution >= 4 is 69.9 Å². The van der Waals surface area contributed by atoms with Crippen molar-refractivity contribution in [3.8, 4) is 11.3 Å². The first-order chi connectivity index (χ1) is 58.2. The number of benzene rings is 2. The van der Waals surface area contributed by atoms with Crippen LogP contribution in [0.15, 0.2) is 94.7 Å². The molecule has 0 bridgehead atoms. The molecule has 5 aromatic rings. The maximum absolute atomic E-state index is 13.3. The Morgan fingerprint density at radius 3 is 2.05 bits per heavy atom. The number of nitrogen functional groups attached to an aromatic ring is 2. The zero-order valence-corrected chi connectivity index (χ0v) is 71.2. The van der Waals surface area contributed by atoms with Crippen molar-refractivity contribution in [2.75, 3.05) is 150 Å². The molecule has 9 rings (SSSR count). The number of fused-ring (bicyclic) bond motifs is 3. The highest BCUT2D eigenvalue weighted by molar-refractivity contribution is 6.38. The van der Waals surface area contributed by atoms with Gasteiger partial charge in [-0.15, -0.1) is 0 Å². The van der Waals surface area contributed by atoms with Crippen LogP contribution in [0.25, 0.3) is 33.4 Å². The highest BCUT2D eigenvalue weighted by Crippen LogP contribution is 2.36. The summed E-state index contributed by atoms with van der Waals surface area (Å²) in [6, 6.07) is 11.9. The SMILES string of the molecule is CO[C@@H](CC1CCC[C@](O)(C(=O)C(=O)N2CCCCC2)O1)/C(C)=C/C=C/C=C/[C@@H](C)C[C@@H](C)C(=O)C[C@H](O)/C(C)=C/[C@@H](C)CC[C@@H](CC[C@H]1CC[C@H](OC(=O)NCCOCCOCCOCCOCCOCCOCCOCCOCCC(=O)N2CCc3cc(Cn4nc(-c5ccc6oc(N)nc6c5)c5c(N)ncnc54)ccc3C2)CC1)OC=O. The van der Waals surface area contributed by atoms with Crippen LogP contribution in [0.5, 0.6) is 0 Å². The Hall–Kier alpha value is -8.44. The molecule has 0 spiro atoms. The first kappa shape index (κ1) is 95.4. The lowest BCUT2D eigenvalue weighted by Gasteiger charge is -2.38. The van der Waals surface area contributed by atoms with Crippen LogP contribution in [-0.4, -0.2) is 256 Å². The summed E-state index contributed by atoms with van der Waals surface area (Å²) in [5.41, 5.74) is 20.4. The molecule has 3 fully saturated rings.